The molecule has 0 aliphatic carbocycles. The zero-order valence-corrected chi connectivity index (χ0v) is 17.3. The Kier molecular flexibility index (Phi) is 7.29. The van der Waals surface area contributed by atoms with Gasteiger partial charge in [0, 0.05) is 47.3 Å². The lowest BCUT2D eigenvalue weighted by Gasteiger charge is -2.31. The van der Waals surface area contributed by atoms with E-state index in [0.717, 1.165) is 14.9 Å². The number of aromatic nitrogens is 1. The molecule has 0 saturated carbocycles. The Morgan fingerprint density at radius 1 is 1.19 bits per heavy atom. The molecule has 2 heterocycles. The quantitative estimate of drug-likeness (QED) is 0.688. The van der Waals surface area contributed by atoms with Crippen LogP contribution in [0.5, 0.6) is 0 Å². The van der Waals surface area contributed by atoms with E-state index in [1.54, 1.807) is 24.2 Å². The molecule has 5 nitrogen and oxygen atoms in total. The molecule has 0 unspecified atom stereocenters. The summed E-state index contributed by atoms with van der Waals surface area (Å²) in [6.07, 6.45) is 4.90. The highest BCUT2D eigenvalue weighted by molar-refractivity contribution is 9.10. The maximum absolute atomic E-state index is 12.4. The summed E-state index contributed by atoms with van der Waals surface area (Å²) in [5.41, 5.74) is 0.989. The minimum Gasteiger partial charge on any atom is -0.352 e. The number of hydrogen-bond donors (Lipinski definition) is 1. The van der Waals surface area contributed by atoms with Gasteiger partial charge in [-0.2, -0.15) is 0 Å². The number of thioether (sulfide) groups is 1. The predicted octanol–water partition coefficient (Wildman–Crippen LogP) is 3.49. The van der Waals surface area contributed by atoms with Crippen LogP contribution in [0.25, 0.3) is 0 Å². The molecule has 1 aliphatic rings. The molecular formula is C20H22BrN3O2S. The van der Waals surface area contributed by atoms with E-state index < -0.39 is 0 Å². The van der Waals surface area contributed by atoms with Crippen LogP contribution in [-0.4, -0.2) is 40.5 Å². The van der Waals surface area contributed by atoms with Crippen molar-refractivity contribution in [3.8, 4) is 0 Å². The van der Waals surface area contributed by atoms with Crippen LogP contribution in [0.3, 0.4) is 0 Å². The Hall–Kier alpha value is -1.86. The first-order chi connectivity index (χ1) is 13.1. The number of pyridine rings is 1. The van der Waals surface area contributed by atoms with Gasteiger partial charge in [0.05, 0.1) is 5.75 Å². The molecule has 0 spiro atoms. The molecule has 2 amide bonds. The molecule has 3 rings (SSSR count). The van der Waals surface area contributed by atoms with Gasteiger partial charge >= 0.3 is 0 Å². The Bertz CT molecular complexity index is 763. The zero-order valence-electron chi connectivity index (χ0n) is 14.9. The number of amides is 2. The van der Waals surface area contributed by atoms with E-state index in [9.17, 15) is 9.59 Å². The topological polar surface area (TPSA) is 62.3 Å². The third-order valence-electron chi connectivity index (χ3n) is 4.58. The molecule has 1 aromatic heterocycles. The standard InChI is InChI=1S/C20H22BrN3O2S/c21-17-3-5-18(6-4-17)27-14-19(25)24-10-7-16(8-11-24)20(26)23-13-15-2-1-9-22-12-15/h1-6,9,12,16H,7-8,10-11,13-14H2,(H,23,26). The smallest absolute Gasteiger partial charge is 0.232 e. The highest BCUT2D eigenvalue weighted by Gasteiger charge is 2.27. The molecule has 0 radical (unpaired) electrons. The fraction of sp³-hybridized carbons (Fsp3) is 0.350. The van der Waals surface area contributed by atoms with Gasteiger partial charge in [-0.15, -0.1) is 11.8 Å². The fourth-order valence-electron chi connectivity index (χ4n) is 2.99. The fourth-order valence-corrected chi connectivity index (χ4v) is 4.06. The molecule has 0 bridgehead atoms. The summed E-state index contributed by atoms with van der Waals surface area (Å²) in [4.78, 5) is 31.8. The third kappa shape index (κ3) is 6.07. The second-order valence-corrected chi connectivity index (χ2v) is 8.44. The van der Waals surface area contributed by atoms with Gasteiger partial charge in [-0.05, 0) is 48.7 Å². The Morgan fingerprint density at radius 3 is 2.59 bits per heavy atom. The molecular weight excluding hydrogens is 426 g/mol. The maximum Gasteiger partial charge on any atom is 0.232 e. The number of hydrogen-bond acceptors (Lipinski definition) is 4. The van der Waals surface area contributed by atoms with E-state index in [1.807, 2.05) is 41.3 Å². The summed E-state index contributed by atoms with van der Waals surface area (Å²) in [5, 5.41) is 2.97. The highest BCUT2D eigenvalue weighted by Crippen LogP contribution is 2.23. The lowest BCUT2D eigenvalue weighted by atomic mass is 9.96. The first-order valence-corrected chi connectivity index (χ1v) is 10.7. The molecule has 2 aromatic rings. The molecule has 142 valence electrons. The van der Waals surface area contributed by atoms with Gasteiger partial charge in [-0.3, -0.25) is 14.6 Å². The summed E-state index contributed by atoms with van der Waals surface area (Å²) in [7, 11) is 0. The monoisotopic (exact) mass is 447 g/mol. The molecule has 1 aromatic carbocycles. The van der Waals surface area contributed by atoms with Gasteiger partial charge in [-0.1, -0.05) is 22.0 Å². The van der Waals surface area contributed by atoms with Gasteiger partial charge in [0.15, 0.2) is 0 Å². The van der Waals surface area contributed by atoms with Crippen molar-refractivity contribution in [1.82, 2.24) is 15.2 Å². The van der Waals surface area contributed by atoms with Crippen molar-refractivity contribution in [3.63, 3.8) is 0 Å². The summed E-state index contributed by atoms with van der Waals surface area (Å²) in [5.74, 6) is 0.608. The first kappa shape index (κ1) is 19.9. The molecule has 1 saturated heterocycles. The van der Waals surface area contributed by atoms with E-state index in [1.165, 1.54) is 0 Å². The Morgan fingerprint density at radius 2 is 1.93 bits per heavy atom. The van der Waals surface area contributed by atoms with Crippen molar-refractivity contribution >= 4 is 39.5 Å². The van der Waals surface area contributed by atoms with Gasteiger partial charge in [0.25, 0.3) is 0 Å². The van der Waals surface area contributed by atoms with E-state index in [4.69, 9.17) is 0 Å². The normalized spacial score (nSPS) is 14.8. The van der Waals surface area contributed by atoms with Crippen molar-refractivity contribution in [1.29, 1.82) is 0 Å². The van der Waals surface area contributed by atoms with E-state index >= 15 is 0 Å². The first-order valence-electron chi connectivity index (χ1n) is 8.94. The predicted molar refractivity (Wildman–Crippen MR) is 110 cm³/mol. The summed E-state index contributed by atoms with van der Waals surface area (Å²) in [6.45, 7) is 1.78. The van der Waals surface area contributed by atoms with E-state index in [0.29, 0.717) is 38.2 Å². The summed E-state index contributed by atoms with van der Waals surface area (Å²) >= 11 is 4.96. The highest BCUT2D eigenvalue weighted by atomic mass is 79.9. The molecule has 1 aliphatic heterocycles. The van der Waals surface area contributed by atoms with Crippen molar-refractivity contribution in [2.75, 3.05) is 18.8 Å². The number of likely N-dealkylation sites (tertiary alicyclic amines) is 1. The largest absolute Gasteiger partial charge is 0.352 e. The van der Waals surface area contributed by atoms with Gasteiger partial charge in [-0.25, -0.2) is 0 Å². The second kappa shape index (κ2) is 9.90. The average Bonchev–Trinajstić information content (AvgIpc) is 2.72. The zero-order chi connectivity index (χ0) is 19.1. The minimum absolute atomic E-state index is 0.0233. The number of rotatable bonds is 6. The van der Waals surface area contributed by atoms with Crippen molar-refractivity contribution in [2.24, 2.45) is 5.92 Å². The molecule has 27 heavy (non-hydrogen) atoms. The number of piperidine rings is 1. The lowest BCUT2D eigenvalue weighted by Crippen LogP contribution is -2.43. The molecule has 1 fully saturated rings. The number of benzene rings is 1. The second-order valence-electron chi connectivity index (χ2n) is 6.48. The number of carbonyl (C=O) groups is 2. The van der Waals surface area contributed by atoms with Crippen LogP contribution in [0, 0.1) is 5.92 Å². The summed E-state index contributed by atoms with van der Waals surface area (Å²) < 4.78 is 1.03. The van der Waals surface area contributed by atoms with Crippen LogP contribution in [0.2, 0.25) is 0 Å². The van der Waals surface area contributed by atoms with Crippen LogP contribution in [0.4, 0.5) is 0 Å². The number of carbonyl (C=O) groups excluding carboxylic acids is 2. The molecule has 0 atom stereocenters. The molecule has 7 heteroatoms. The van der Waals surface area contributed by atoms with E-state index in [-0.39, 0.29) is 17.7 Å². The SMILES string of the molecule is O=C(NCc1cccnc1)C1CCN(C(=O)CSc2ccc(Br)cc2)CC1. The van der Waals surface area contributed by atoms with Gasteiger partial charge in [0.1, 0.15) is 0 Å². The van der Waals surface area contributed by atoms with E-state index in [2.05, 4.69) is 26.2 Å². The lowest BCUT2D eigenvalue weighted by molar-refractivity contribution is -0.133. The Labute approximate surface area is 172 Å². The van der Waals surface area contributed by atoms with Gasteiger partial charge in [0.2, 0.25) is 11.8 Å². The average molecular weight is 448 g/mol. The van der Waals surface area contributed by atoms with Crippen molar-refractivity contribution in [3.05, 3.63) is 58.8 Å². The molecule has 1 N–H and O–H groups in total. The van der Waals surface area contributed by atoms with Crippen molar-refractivity contribution < 1.29 is 9.59 Å². The minimum atomic E-state index is -0.0233. The van der Waals surface area contributed by atoms with Gasteiger partial charge < -0.3 is 10.2 Å². The van der Waals surface area contributed by atoms with Crippen LogP contribution in [0.1, 0.15) is 18.4 Å². The van der Waals surface area contributed by atoms with Crippen LogP contribution in [0.15, 0.2) is 58.2 Å². The van der Waals surface area contributed by atoms with Crippen LogP contribution in [-0.2, 0) is 16.1 Å². The van der Waals surface area contributed by atoms with Crippen LogP contribution >= 0.6 is 27.7 Å². The summed E-state index contributed by atoms with van der Waals surface area (Å²) in [6, 6.07) is 11.8. The van der Waals surface area contributed by atoms with Crippen molar-refractivity contribution in [2.45, 2.75) is 24.3 Å². The van der Waals surface area contributed by atoms with Crippen LogP contribution < -0.4 is 5.32 Å². The number of nitrogens with one attached hydrogen (secondary N) is 1. The Balaban J connectivity index is 1.39. The maximum atomic E-state index is 12.4. The number of halogens is 1. The number of nitrogens with zero attached hydrogens (tertiary/aromatic N) is 2. The third-order valence-corrected chi connectivity index (χ3v) is 6.11.